The van der Waals surface area contributed by atoms with E-state index in [0.717, 1.165) is 12.8 Å². The predicted molar refractivity (Wildman–Crippen MR) is 63.9 cm³/mol. The zero-order valence-electron chi connectivity index (χ0n) is 7.72. The number of alkyl halides is 3. The Kier molecular flexibility index (Phi) is 4.56. The van der Waals surface area contributed by atoms with Gasteiger partial charge in [0.2, 0.25) is 0 Å². The van der Waals surface area contributed by atoms with Gasteiger partial charge in [-0.1, -0.05) is 65.1 Å². The zero-order chi connectivity index (χ0) is 10.6. The van der Waals surface area contributed by atoms with E-state index in [4.69, 9.17) is 34.8 Å². The summed E-state index contributed by atoms with van der Waals surface area (Å²) in [5.41, 5.74) is 1.25. The van der Waals surface area contributed by atoms with Gasteiger partial charge < -0.3 is 0 Å². The maximum Gasteiger partial charge on any atom is 0.193 e. The molecule has 0 N–H and O–H groups in total. The van der Waals surface area contributed by atoms with Gasteiger partial charge in [0.15, 0.2) is 3.79 Å². The van der Waals surface area contributed by atoms with Crippen LogP contribution in [0.1, 0.15) is 12.0 Å². The molecule has 1 rings (SSSR count). The minimum absolute atomic E-state index is 0.173. The van der Waals surface area contributed by atoms with Crippen molar-refractivity contribution in [2.45, 2.75) is 16.6 Å². The molecule has 0 saturated heterocycles. The van der Waals surface area contributed by atoms with Gasteiger partial charge in [-0.2, -0.15) is 0 Å². The normalized spacial score (nSPS) is 14.0. The lowest BCUT2D eigenvalue weighted by Crippen LogP contribution is -2.16. The molecule has 0 saturated carbocycles. The summed E-state index contributed by atoms with van der Waals surface area (Å²) in [5.74, 6) is -0.173. The second-order valence-corrected chi connectivity index (χ2v) is 5.63. The van der Waals surface area contributed by atoms with E-state index in [-0.39, 0.29) is 5.92 Å². The van der Waals surface area contributed by atoms with Crippen LogP contribution in [0.15, 0.2) is 30.3 Å². The number of hydrogen-bond acceptors (Lipinski definition) is 0. The summed E-state index contributed by atoms with van der Waals surface area (Å²) >= 11 is 17.2. The second kappa shape index (κ2) is 5.25. The molecular formula is C11H12Cl3. The SMILES string of the molecule is [CH2]C(CCc1ccccc1)C(Cl)(Cl)Cl. The average Bonchev–Trinajstić information content (AvgIpc) is 2.14. The number of rotatable bonds is 3. The van der Waals surface area contributed by atoms with Crippen molar-refractivity contribution < 1.29 is 0 Å². The second-order valence-electron chi connectivity index (χ2n) is 3.26. The Morgan fingerprint density at radius 3 is 2.21 bits per heavy atom. The number of aryl methyl sites for hydroxylation is 1. The van der Waals surface area contributed by atoms with Gasteiger partial charge in [0, 0.05) is 5.92 Å². The summed E-state index contributed by atoms with van der Waals surface area (Å²) in [7, 11) is 0. The van der Waals surface area contributed by atoms with Crippen LogP contribution in [0.2, 0.25) is 0 Å². The minimum atomic E-state index is -1.26. The van der Waals surface area contributed by atoms with Crippen molar-refractivity contribution in [3.8, 4) is 0 Å². The fraction of sp³-hybridized carbons (Fsp3) is 0.364. The van der Waals surface area contributed by atoms with E-state index < -0.39 is 3.79 Å². The highest BCUT2D eigenvalue weighted by Crippen LogP contribution is 2.36. The highest BCUT2D eigenvalue weighted by Gasteiger charge is 2.27. The largest absolute Gasteiger partial charge is 0.193 e. The summed E-state index contributed by atoms with van der Waals surface area (Å²) in [6.45, 7) is 3.83. The van der Waals surface area contributed by atoms with Gasteiger partial charge >= 0.3 is 0 Å². The summed E-state index contributed by atoms with van der Waals surface area (Å²) in [6, 6.07) is 10.1. The monoisotopic (exact) mass is 249 g/mol. The van der Waals surface area contributed by atoms with E-state index in [1.54, 1.807) is 0 Å². The average molecular weight is 251 g/mol. The van der Waals surface area contributed by atoms with E-state index in [0.29, 0.717) is 0 Å². The van der Waals surface area contributed by atoms with E-state index in [9.17, 15) is 0 Å². The number of benzene rings is 1. The van der Waals surface area contributed by atoms with Crippen LogP contribution < -0.4 is 0 Å². The van der Waals surface area contributed by atoms with Crippen molar-refractivity contribution in [1.29, 1.82) is 0 Å². The van der Waals surface area contributed by atoms with Gasteiger partial charge in [0.05, 0.1) is 0 Å². The first-order valence-electron chi connectivity index (χ1n) is 4.44. The summed E-state index contributed by atoms with van der Waals surface area (Å²) in [4.78, 5) is 0. The van der Waals surface area contributed by atoms with Gasteiger partial charge in [-0.3, -0.25) is 0 Å². The molecule has 0 aliphatic rings. The van der Waals surface area contributed by atoms with Gasteiger partial charge in [-0.15, -0.1) is 0 Å². The lowest BCUT2D eigenvalue weighted by atomic mass is 10.0. The Labute approximate surface area is 100 Å². The minimum Gasteiger partial charge on any atom is -0.0834 e. The molecule has 1 radical (unpaired) electrons. The molecule has 14 heavy (non-hydrogen) atoms. The highest BCUT2D eigenvalue weighted by atomic mass is 35.6. The zero-order valence-corrected chi connectivity index (χ0v) is 9.99. The maximum atomic E-state index is 5.72. The highest BCUT2D eigenvalue weighted by molar-refractivity contribution is 6.67. The first-order chi connectivity index (χ1) is 6.50. The lowest BCUT2D eigenvalue weighted by Gasteiger charge is -2.19. The topological polar surface area (TPSA) is 0 Å². The van der Waals surface area contributed by atoms with Crippen LogP contribution in [0, 0.1) is 12.8 Å². The Morgan fingerprint density at radius 1 is 1.14 bits per heavy atom. The molecule has 0 heterocycles. The molecule has 3 heteroatoms. The van der Waals surface area contributed by atoms with Gasteiger partial charge in [0.25, 0.3) is 0 Å². The number of hydrogen-bond donors (Lipinski definition) is 0. The quantitative estimate of drug-likeness (QED) is 0.696. The van der Waals surface area contributed by atoms with Gasteiger partial charge in [0.1, 0.15) is 0 Å². The van der Waals surface area contributed by atoms with Crippen molar-refractivity contribution in [3.05, 3.63) is 42.8 Å². The molecule has 1 atom stereocenters. The molecule has 0 aliphatic heterocycles. The van der Waals surface area contributed by atoms with Gasteiger partial charge in [-0.05, 0) is 25.3 Å². The summed E-state index contributed by atoms with van der Waals surface area (Å²) in [5, 5.41) is 0. The molecule has 0 spiro atoms. The van der Waals surface area contributed by atoms with Crippen molar-refractivity contribution >= 4 is 34.8 Å². The van der Waals surface area contributed by atoms with E-state index >= 15 is 0 Å². The van der Waals surface area contributed by atoms with E-state index in [1.807, 2.05) is 18.2 Å². The van der Waals surface area contributed by atoms with E-state index in [1.165, 1.54) is 5.56 Å². The van der Waals surface area contributed by atoms with E-state index in [2.05, 4.69) is 19.1 Å². The Morgan fingerprint density at radius 2 is 1.71 bits per heavy atom. The van der Waals surface area contributed by atoms with Crippen LogP contribution in [0.4, 0.5) is 0 Å². The van der Waals surface area contributed by atoms with Crippen LogP contribution in [-0.4, -0.2) is 3.79 Å². The van der Waals surface area contributed by atoms with Crippen LogP contribution in [0.3, 0.4) is 0 Å². The Bertz CT molecular complexity index is 264. The molecule has 1 unspecified atom stereocenters. The van der Waals surface area contributed by atoms with Crippen molar-refractivity contribution in [2.24, 2.45) is 5.92 Å². The van der Waals surface area contributed by atoms with Crippen LogP contribution in [0.25, 0.3) is 0 Å². The smallest absolute Gasteiger partial charge is 0.0834 e. The van der Waals surface area contributed by atoms with Crippen LogP contribution in [-0.2, 0) is 6.42 Å². The molecule has 0 amide bonds. The third kappa shape index (κ3) is 4.08. The molecule has 77 valence electrons. The molecule has 0 nitrogen and oxygen atoms in total. The molecule has 1 aromatic rings. The van der Waals surface area contributed by atoms with Crippen LogP contribution in [0.5, 0.6) is 0 Å². The number of halogens is 3. The van der Waals surface area contributed by atoms with Gasteiger partial charge in [-0.25, -0.2) is 0 Å². The lowest BCUT2D eigenvalue weighted by molar-refractivity contribution is 0.599. The third-order valence-corrected chi connectivity index (χ3v) is 3.01. The Balaban J connectivity index is 2.42. The summed E-state index contributed by atoms with van der Waals surface area (Å²) in [6.07, 6.45) is 1.67. The molecule has 0 fully saturated rings. The Hall–Kier alpha value is 0.0900. The molecule has 0 aromatic heterocycles. The summed E-state index contributed by atoms with van der Waals surface area (Å²) < 4.78 is -1.26. The van der Waals surface area contributed by atoms with Crippen molar-refractivity contribution in [2.75, 3.05) is 0 Å². The molecule has 0 aliphatic carbocycles. The maximum absolute atomic E-state index is 5.72. The van der Waals surface area contributed by atoms with Crippen molar-refractivity contribution in [1.82, 2.24) is 0 Å². The standard InChI is InChI=1S/C11H12Cl3/c1-9(11(12,13)14)7-8-10-5-3-2-4-6-10/h2-6,9H,1,7-8H2. The molecular weight excluding hydrogens is 238 g/mol. The van der Waals surface area contributed by atoms with Crippen molar-refractivity contribution in [3.63, 3.8) is 0 Å². The third-order valence-electron chi connectivity index (χ3n) is 2.09. The fourth-order valence-electron chi connectivity index (χ4n) is 1.15. The first-order valence-corrected chi connectivity index (χ1v) is 5.57. The predicted octanol–water partition coefficient (Wildman–Crippen LogP) is 4.44. The molecule has 0 bridgehead atoms. The molecule has 1 aromatic carbocycles. The first kappa shape index (κ1) is 12.2. The fourth-order valence-corrected chi connectivity index (χ4v) is 1.48. The van der Waals surface area contributed by atoms with Crippen LogP contribution >= 0.6 is 34.8 Å².